The second-order valence-electron chi connectivity index (χ2n) is 9.52. The first kappa shape index (κ1) is 27.3. The topological polar surface area (TPSA) is 87.3 Å². The lowest BCUT2D eigenvalue weighted by molar-refractivity contribution is -0.133. The summed E-state index contributed by atoms with van der Waals surface area (Å²) in [6.07, 6.45) is 0.758. The van der Waals surface area contributed by atoms with E-state index in [1.807, 2.05) is 121 Å². The molecule has 0 fully saturated rings. The summed E-state index contributed by atoms with van der Waals surface area (Å²) in [6.45, 7) is 1.67. The smallest absolute Gasteiger partial charge is 0.241 e. The van der Waals surface area contributed by atoms with Gasteiger partial charge in [0.2, 0.25) is 17.7 Å². The molecular formula is C33H33N3O3. The van der Waals surface area contributed by atoms with Gasteiger partial charge in [-0.05, 0) is 28.7 Å². The van der Waals surface area contributed by atoms with Crippen LogP contribution in [0.1, 0.15) is 42.0 Å². The van der Waals surface area contributed by atoms with Crippen molar-refractivity contribution in [2.24, 2.45) is 5.92 Å². The highest BCUT2D eigenvalue weighted by molar-refractivity contribution is 5.88. The average Bonchev–Trinajstić information content (AvgIpc) is 2.99. The van der Waals surface area contributed by atoms with Gasteiger partial charge in [0, 0.05) is 18.8 Å². The van der Waals surface area contributed by atoms with Crippen LogP contribution in [0, 0.1) is 5.92 Å². The van der Waals surface area contributed by atoms with Crippen molar-refractivity contribution in [3.05, 3.63) is 144 Å². The molecule has 0 unspecified atom stereocenters. The molecule has 4 aromatic carbocycles. The Morgan fingerprint density at radius 2 is 1.05 bits per heavy atom. The van der Waals surface area contributed by atoms with Gasteiger partial charge in [-0.2, -0.15) is 0 Å². The minimum absolute atomic E-state index is 0.0556. The molecule has 0 aliphatic heterocycles. The van der Waals surface area contributed by atoms with Gasteiger partial charge in [-0.25, -0.2) is 0 Å². The summed E-state index contributed by atoms with van der Waals surface area (Å²) in [5.41, 5.74) is 7.72. The van der Waals surface area contributed by atoms with E-state index in [1.165, 1.54) is 0 Å². The molecule has 0 aromatic heterocycles. The van der Waals surface area contributed by atoms with Crippen molar-refractivity contribution in [1.82, 2.24) is 16.2 Å². The maximum Gasteiger partial charge on any atom is 0.241 e. The highest BCUT2D eigenvalue weighted by Crippen LogP contribution is 2.37. The first-order valence-corrected chi connectivity index (χ1v) is 13.1. The molecule has 0 spiro atoms. The number of rotatable bonds is 10. The molecule has 0 saturated carbocycles. The highest BCUT2D eigenvalue weighted by Gasteiger charge is 2.38. The number of amides is 3. The number of nitrogens with one attached hydrogen (secondary N) is 3. The number of carbonyl (C=O) groups excluding carboxylic acids is 3. The first-order chi connectivity index (χ1) is 19.0. The minimum Gasteiger partial charge on any atom is -0.338 e. The lowest BCUT2D eigenvalue weighted by atomic mass is 9.76. The van der Waals surface area contributed by atoms with Crippen LogP contribution >= 0.6 is 0 Å². The maximum atomic E-state index is 13.5. The molecule has 0 aliphatic carbocycles. The number of hydrazine groups is 1. The van der Waals surface area contributed by atoms with E-state index in [0.29, 0.717) is 6.42 Å². The zero-order chi connectivity index (χ0) is 27.5. The van der Waals surface area contributed by atoms with Crippen molar-refractivity contribution >= 4 is 17.7 Å². The van der Waals surface area contributed by atoms with Crippen molar-refractivity contribution < 1.29 is 14.4 Å². The van der Waals surface area contributed by atoms with E-state index >= 15 is 0 Å². The minimum atomic E-state index is -0.956. The molecule has 4 aromatic rings. The summed E-state index contributed by atoms with van der Waals surface area (Å²) in [7, 11) is 0. The fraction of sp³-hybridized carbons (Fsp3) is 0.182. The van der Waals surface area contributed by atoms with Crippen LogP contribution in [0.5, 0.6) is 0 Å². The Kier molecular flexibility index (Phi) is 9.25. The van der Waals surface area contributed by atoms with E-state index in [4.69, 9.17) is 0 Å². The number of aryl methyl sites for hydroxylation is 1. The number of hydrogen-bond acceptors (Lipinski definition) is 3. The molecule has 6 nitrogen and oxygen atoms in total. The van der Waals surface area contributed by atoms with Gasteiger partial charge in [0.15, 0.2) is 0 Å². The molecule has 0 saturated heterocycles. The Balaban J connectivity index is 1.46. The van der Waals surface area contributed by atoms with Crippen LogP contribution in [0.4, 0.5) is 0 Å². The van der Waals surface area contributed by atoms with Crippen molar-refractivity contribution in [1.29, 1.82) is 0 Å². The zero-order valence-electron chi connectivity index (χ0n) is 22.0. The second kappa shape index (κ2) is 13.2. The Morgan fingerprint density at radius 3 is 1.51 bits per heavy atom. The van der Waals surface area contributed by atoms with Crippen LogP contribution < -0.4 is 16.2 Å². The third kappa shape index (κ3) is 6.99. The monoisotopic (exact) mass is 519 g/mol. The summed E-state index contributed by atoms with van der Waals surface area (Å²) in [6, 6.07) is 39.1. The van der Waals surface area contributed by atoms with Crippen LogP contribution in [0.3, 0.4) is 0 Å². The van der Waals surface area contributed by atoms with Crippen LogP contribution in [0.2, 0.25) is 0 Å². The third-order valence-electron chi connectivity index (χ3n) is 6.70. The van der Waals surface area contributed by atoms with Crippen LogP contribution in [0.25, 0.3) is 0 Å². The Labute approximate surface area is 229 Å². The maximum absolute atomic E-state index is 13.5. The Bertz CT molecular complexity index is 1260. The quantitative estimate of drug-likeness (QED) is 0.206. The lowest BCUT2D eigenvalue weighted by Crippen LogP contribution is -2.49. The van der Waals surface area contributed by atoms with Gasteiger partial charge in [0.05, 0.1) is 0 Å². The van der Waals surface area contributed by atoms with E-state index in [0.717, 1.165) is 22.3 Å². The molecular weight excluding hydrogens is 486 g/mol. The largest absolute Gasteiger partial charge is 0.338 e. The van der Waals surface area contributed by atoms with Crippen molar-refractivity contribution in [3.8, 4) is 0 Å². The van der Waals surface area contributed by atoms with Crippen LogP contribution in [-0.2, 0) is 26.3 Å². The van der Waals surface area contributed by atoms with Gasteiger partial charge in [0.25, 0.3) is 0 Å². The van der Waals surface area contributed by atoms with Crippen molar-refractivity contribution in [3.63, 3.8) is 0 Å². The zero-order valence-corrected chi connectivity index (χ0v) is 22.0. The normalized spacial score (nSPS) is 11.7. The van der Waals surface area contributed by atoms with E-state index in [1.54, 1.807) is 6.92 Å². The first-order valence-electron chi connectivity index (χ1n) is 13.1. The number of benzene rings is 4. The SMILES string of the molecule is C[C@H](CC(=O)NC(c1ccccc1)(c1ccccc1)c1ccccc1)C(=O)NNC(=O)CCc1ccccc1. The van der Waals surface area contributed by atoms with Gasteiger partial charge in [-0.3, -0.25) is 25.2 Å². The van der Waals surface area contributed by atoms with E-state index in [2.05, 4.69) is 16.2 Å². The summed E-state index contributed by atoms with van der Waals surface area (Å²) in [4.78, 5) is 38.5. The molecule has 4 rings (SSSR count). The average molecular weight is 520 g/mol. The predicted octanol–water partition coefficient (Wildman–Crippen LogP) is 4.90. The van der Waals surface area contributed by atoms with Gasteiger partial charge < -0.3 is 5.32 Å². The molecule has 0 aliphatic rings. The number of hydrogen-bond donors (Lipinski definition) is 3. The molecule has 3 amide bonds. The highest BCUT2D eigenvalue weighted by atomic mass is 16.2. The van der Waals surface area contributed by atoms with Crippen molar-refractivity contribution in [2.75, 3.05) is 0 Å². The molecule has 6 heteroatoms. The molecule has 198 valence electrons. The molecule has 1 atom stereocenters. The van der Waals surface area contributed by atoms with E-state index in [-0.39, 0.29) is 24.7 Å². The fourth-order valence-corrected chi connectivity index (χ4v) is 4.63. The molecule has 0 bridgehead atoms. The van der Waals surface area contributed by atoms with E-state index < -0.39 is 17.4 Å². The predicted molar refractivity (Wildman–Crippen MR) is 152 cm³/mol. The molecule has 3 N–H and O–H groups in total. The summed E-state index contributed by atoms with van der Waals surface area (Å²) in [5.74, 6) is -1.67. The summed E-state index contributed by atoms with van der Waals surface area (Å²) < 4.78 is 0. The summed E-state index contributed by atoms with van der Waals surface area (Å²) >= 11 is 0. The number of carbonyl (C=O) groups is 3. The van der Waals surface area contributed by atoms with Gasteiger partial charge in [0.1, 0.15) is 5.54 Å². The molecule has 0 radical (unpaired) electrons. The van der Waals surface area contributed by atoms with Gasteiger partial charge in [-0.15, -0.1) is 0 Å². The fourth-order valence-electron chi connectivity index (χ4n) is 4.63. The van der Waals surface area contributed by atoms with Gasteiger partial charge in [-0.1, -0.05) is 128 Å². The van der Waals surface area contributed by atoms with Crippen LogP contribution in [0.15, 0.2) is 121 Å². The lowest BCUT2D eigenvalue weighted by Gasteiger charge is -2.37. The molecule has 0 heterocycles. The van der Waals surface area contributed by atoms with E-state index in [9.17, 15) is 14.4 Å². The third-order valence-corrected chi connectivity index (χ3v) is 6.70. The Morgan fingerprint density at radius 1 is 0.615 bits per heavy atom. The second-order valence-corrected chi connectivity index (χ2v) is 9.52. The standard InChI is InChI=1S/C33H33N3O3/c1-25(32(39)36-35-30(37)23-22-26-14-6-2-7-15-26)24-31(38)34-33(27-16-8-3-9-17-27,28-18-10-4-11-19-28)29-20-12-5-13-21-29/h2-21,25H,22-24H2,1H3,(H,34,38)(H,35,37)(H,36,39)/t25-/m1/s1. The van der Waals surface area contributed by atoms with Crippen LogP contribution in [-0.4, -0.2) is 17.7 Å². The Hall–Kier alpha value is -4.71. The summed E-state index contributed by atoms with van der Waals surface area (Å²) in [5, 5.41) is 3.26. The van der Waals surface area contributed by atoms with Crippen molar-refractivity contribution in [2.45, 2.75) is 31.7 Å². The van der Waals surface area contributed by atoms with Gasteiger partial charge >= 0.3 is 0 Å². The molecule has 39 heavy (non-hydrogen) atoms.